The van der Waals surface area contributed by atoms with Gasteiger partial charge in [-0.3, -0.25) is 4.90 Å². The van der Waals surface area contributed by atoms with E-state index in [4.69, 9.17) is 26.2 Å². The van der Waals surface area contributed by atoms with Crippen LogP contribution in [0, 0.1) is 11.3 Å². The number of halogens is 2. The van der Waals surface area contributed by atoms with Gasteiger partial charge in [-0.25, -0.2) is 9.37 Å². The van der Waals surface area contributed by atoms with E-state index in [1.54, 1.807) is 6.20 Å². The van der Waals surface area contributed by atoms with Crippen LogP contribution in [-0.4, -0.2) is 68.9 Å². The van der Waals surface area contributed by atoms with E-state index >= 15 is 0 Å². The van der Waals surface area contributed by atoms with Crippen LogP contribution < -0.4 is 21.1 Å². The summed E-state index contributed by atoms with van der Waals surface area (Å²) in [6.45, 7) is 3.56. The van der Waals surface area contributed by atoms with Crippen LogP contribution >= 0.6 is 39.0 Å². The molecule has 8 heterocycles. The molecule has 2 atom stereocenters. The van der Waals surface area contributed by atoms with E-state index in [0.29, 0.717) is 61.2 Å². The van der Waals surface area contributed by atoms with Crippen LogP contribution in [0.4, 0.5) is 21.0 Å². The average Bonchev–Trinajstić information content (AvgIpc) is 3.74. The van der Waals surface area contributed by atoms with Gasteiger partial charge in [0, 0.05) is 64.7 Å². The van der Waals surface area contributed by atoms with Crippen molar-refractivity contribution >= 4 is 66.7 Å². The molecule has 0 saturated carbocycles. The molecule has 8 rings (SSSR count). The van der Waals surface area contributed by atoms with E-state index < -0.39 is 6.17 Å². The highest BCUT2D eigenvalue weighted by Gasteiger charge is 2.53. The molecule has 4 aromatic heterocycles. The fourth-order valence-corrected chi connectivity index (χ4v) is 10.8. The third-order valence-electron chi connectivity index (χ3n) is 9.38. The van der Waals surface area contributed by atoms with Crippen LogP contribution in [0.5, 0.6) is 6.01 Å². The number of rotatable bonds is 6. The van der Waals surface area contributed by atoms with Crippen molar-refractivity contribution in [3.8, 4) is 12.1 Å². The Morgan fingerprint density at radius 2 is 2.14 bits per heavy atom. The van der Waals surface area contributed by atoms with Crippen LogP contribution in [-0.2, 0) is 17.0 Å². The van der Waals surface area contributed by atoms with Crippen molar-refractivity contribution in [2.45, 2.75) is 48.0 Å². The molecular weight excluding hydrogens is 653 g/mol. The van der Waals surface area contributed by atoms with Gasteiger partial charge in [0.05, 0.1) is 27.8 Å². The molecule has 4 aliphatic rings. The normalized spacial score (nSPS) is 23.9. The zero-order valence-corrected chi connectivity index (χ0v) is 26.4. The van der Waals surface area contributed by atoms with Crippen molar-refractivity contribution in [2.75, 3.05) is 49.2 Å². The quantitative estimate of drug-likeness (QED) is 0.296. The first-order chi connectivity index (χ1) is 20.8. The van der Waals surface area contributed by atoms with Crippen molar-refractivity contribution in [3.05, 3.63) is 50.6 Å². The predicted octanol–water partition coefficient (Wildman–Crippen LogP) is 4.65. The highest BCUT2D eigenvalue weighted by molar-refractivity contribution is 9.10. The molecule has 0 unspecified atom stereocenters. The van der Waals surface area contributed by atoms with E-state index in [9.17, 15) is 9.65 Å². The number of nitriles is 1. The number of fused-ring (bicyclic) bond motifs is 4. The van der Waals surface area contributed by atoms with Crippen molar-refractivity contribution in [2.24, 2.45) is 0 Å². The molecule has 4 aliphatic heterocycles. The number of thiophene rings is 1. The lowest BCUT2D eigenvalue weighted by Gasteiger charge is -2.48. The van der Waals surface area contributed by atoms with Crippen molar-refractivity contribution in [1.82, 2.24) is 24.4 Å². The second kappa shape index (κ2) is 9.95. The van der Waals surface area contributed by atoms with E-state index in [1.165, 1.54) is 16.2 Å². The van der Waals surface area contributed by atoms with Gasteiger partial charge in [0.1, 0.15) is 35.5 Å². The maximum Gasteiger partial charge on any atom is 0.320 e. The smallest absolute Gasteiger partial charge is 0.320 e. The summed E-state index contributed by atoms with van der Waals surface area (Å²) in [5, 5.41) is 11.3. The summed E-state index contributed by atoms with van der Waals surface area (Å²) >= 11 is 7.18. The molecule has 43 heavy (non-hydrogen) atoms. The summed E-state index contributed by atoms with van der Waals surface area (Å²) in [6.07, 6.45) is 5.25. The minimum absolute atomic E-state index is 0.199. The summed E-state index contributed by atoms with van der Waals surface area (Å²) in [4.78, 5) is 19.8. The number of ether oxygens (including phenoxy) is 1. The van der Waals surface area contributed by atoms with Crippen LogP contribution in [0.15, 0.2) is 29.0 Å². The molecule has 3 saturated heterocycles. The van der Waals surface area contributed by atoms with Crippen molar-refractivity contribution in [3.63, 3.8) is 0 Å². The van der Waals surface area contributed by atoms with Gasteiger partial charge >= 0.3 is 6.01 Å². The topological polar surface area (TPSA) is 135 Å². The molecule has 1 spiro atoms. The first kappa shape index (κ1) is 27.4. The number of anilines is 3. The van der Waals surface area contributed by atoms with Crippen LogP contribution in [0.3, 0.4) is 0 Å². The minimum atomic E-state index is -0.837. The maximum atomic E-state index is 14.5. The summed E-state index contributed by atoms with van der Waals surface area (Å²) < 4.78 is 23.5. The number of thioether (sulfide) groups is 1. The first-order valence-electron chi connectivity index (χ1n) is 14.3. The molecular formula is C29H29BrFN9OS2. The average molecular weight is 683 g/mol. The van der Waals surface area contributed by atoms with Gasteiger partial charge < -0.3 is 25.7 Å². The Balaban J connectivity index is 1.17. The van der Waals surface area contributed by atoms with Crippen LogP contribution in [0.1, 0.15) is 40.8 Å². The zero-order valence-electron chi connectivity index (χ0n) is 23.2. The Hall–Kier alpha value is -3.12. The fraction of sp³-hybridized carbons (Fsp3) is 0.448. The third-order valence-corrected chi connectivity index (χ3v) is 12.6. The fourth-order valence-electron chi connectivity index (χ4n) is 7.37. The second-order valence-electron chi connectivity index (χ2n) is 11.9. The maximum absolute atomic E-state index is 14.5. The summed E-state index contributed by atoms with van der Waals surface area (Å²) in [7, 11) is 0. The Bertz CT molecular complexity index is 1820. The van der Waals surface area contributed by atoms with Crippen molar-refractivity contribution in [1.29, 1.82) is 5.26 Å². The molecule has 0 aromatic carbocycles. The minimum Gasteiger partial charge on any atom is -0.461 e. The molecule has 0 radical (unpaired) electrons. The van der Waals surface area contributed by atoms with Gasteiger partial charge in [-0.05, 0) is 41.4 Å². The van der Waals surface area contributed by atoms with Gasteiger partial charge in [-0.15, -0.1) is 23.1 Å². The monoisotopic (exact) mass is 681 g/mol. The van der Waals surface area contributed by atoms with E-state index in [0.717, 1.165) is 51.9 Å². The van der Waals surface area contributed by atoms with E-state index in [2.05, 4.69) is 36.8 Å². The summed E-state index contributed by atoms with van der Waals surface area (Å²) in [5.74, 6) is 2.09. The Morgan fingerprint density at radius 3 is 2.95 bits per heavy atom. The predicted molar refractivity (Wildman–Crippen MR) is 170 cm³/mol. The van der Waals surface area contributed by atoms with Crippen molar-refractivity contribution < 1.29 is 9.13 Å². The largest absolute Gasteiger partial charge is 0.461 e. The molecule has 4 aromatic rings. The Morgan fingerprint density at radius 1 is 1.28 bits per heavy atom. The van der Waals surface area contributed by atoms with Crippen LogP contribution in [0.25, 0.3) is 11.0 Å². The molecule has 14 heteroatoms. The molecule has 10 nitrogen and oxygen atoms in total. The number of nitrogen functional groups attached to an aromatic ring is 2. The lowest BCUT2D eigenvalue weighted by Crippen LogP contribution is -2.57. The number of hydrogen-bond acceptors (Lipinski definition) is 11. The Labute approximate surface area is 264 Å². The third kappa shape index (κ3) is 4.22. The van der Waals surface area contributed by atoms with E-state index in [-0.39, 0.29) is 16.3 Å². The summed E-state index contributed by atoms with van der Waals surface area (Å²) in [6, 6.07) is 6.44. The van der Waals surface area contributed by atoms with Gasteiger partial charge in [0.2, 0.25) is 0 Å². The van der Waals surface area contributed by atoms with Gasteiger partial charge in [-0.2, -0.15) is 15.2 Å². The number of nitrogens with two attached hydrogens (primary N) is 2. The highest BCUT2D eigenvalue weighted by atomic mass is 79.9. The first-order valence-corrected chi connectivity index (χ1v) is 16.9. The van der Waals surface area contributed by atoms with Gasteiger partial charge in [0.15, 0.2) is 5.65 Å². The SMILES string of the molecule is N#Cc1c(N)sc2c1C1(CN(c3nc(OC[C@@]45CCCN4C[C@H](F)C5)nc4c3c(Br)cn4Cc3cccnc3N)C1)SC2. The zero-order chi connectivity index (χ0) is 29.5. The van der Waals surface area contributed by atoms with E-state index in [1.807, 2.05) is 34.7 Å². The number of hydrogen-bond donors (Lipinski definition) is 2. The van der Waals surface area contributed by atoms with Crippen LogP contribution in [0.2, 0.25) is 0 Å². The van der Waals surface area contributed by atoms with Gasteiger partial charge in [0.25, 0.3) is 0 Å². The Kier molecular flexibility index (Phi) is 6.35. The molecule has 4 N–H and O–H groups in total. The molecule has 0 aliphatic carbocycles. The number of pyridine rings is 1. The molecule has 222 valence electrons. The number of nitrogens with zero attached hydrogens (tertiary/aromatic N) is 7. The lowest BCUT2D eigenvalue weighted by atomic mass is 9.88. The standard InChI is InChI=1S/C29H29BrFN9OS2/c30-19-11-38(9-16-3-1-5-35-23(16)33)25-21(19)26(37-27(36-25)41-15-28-4-2-6-40(28)10-17(31)7-28)39-13-29(14-39)22-18(8-32)24(34)43-20(22)12-42-29/h1,3,5,11,17H,2,4,6-7,9-10,12-15,34H2,(H2,33,35)/t17-,28+/m1/s1. The molecule has 0 bridgehead atoms. The highest BCUT2D eigenvalue weighted by Crippen LogP contribution is 2.58. The number of aromatic nitrogens is 4. The number of alkyl halides is 1. The lowest BCUT2D eigenvalue weighted by molar-refractivity contribution is 0.107. The second-order valence-corrected chi connectivity index (χ2v) is 15.3. The molecule has 3 fully saturated rings. The molecule has 0 amide bonds. The summed E-state index contributed by atoms with van der Waals surface area (Å²) in [5.41, 5.74) is 15.4. The van der Waals surface area contributed by atoms with Gasteiger partial charge in [-0.1, -0.05) is 6.07 Å².